The van der Waals surface area contributed by atoms with Gasteiger partial charge >= 0.3 is 0 Å². The molecule has 2 rings (SSSR count). The predicted molar refractivity (Wildman–Crippen MR) is 78.3 cm³/mol. The summed E-state index contributed by atoms with van der Waals surface area (Å²) in [5.74, 6) is 0. The minimum atomic E-state index is 0.511. The third-order valence-corrected chi connectivity index (χ3v) is 4.86. The van der Waals surface area contributed by atoms with E-state index in [9.17, 15) is 0 Å². The molecule has 2 unspecified atom stereocenters. The number of rotatable bonds is 5. The zero-order valence-electron chi connectivity index (χ0n) is 11.8. The molecule has 0 aliphatic carbocycles. The van der Waals surface area contributed by atoms with Crippen molar-refractivity contribution in [2.45, 2.75) is 51.1 Å². The van der Waals surface area contributed by atoms with Crippen molar-refractivity contribution >= 4 is 11.3 Å². The van der Waals surface area contributed by atoms with Gasteiger partial charge in [0, 0.05) is 30.3 Å². The second-order valence-corrected chi connectivity index (χ2v) is 6.40. The maximum absolute atomic E-state index is 4.78. The van der Waals surface area contributed by atoms with E-state index in [1.807, 2.05) is 18.4 Å². The molecule has 102 valence electrons. The van der Waals surface area contributed by atoms with Gasteiger partial charge in [-0.05, 0) is 40.4 Å². The van der Waals surface area contributed by atoms with Crippen molar-refractivity contribution in [2.24, 2.45) is 0 Å². The van der Waals surface area contributed by atoms with Gasteiger partial charge in [-0.1, -0.05) is 6.42 Å². The summed E-state index contributed by atoms with van der Waals surface area (Å²) < 4.78 is 0. The van der Waals surface area contributed by atoms with Gasteiger partial charge in [-0.15, -0.1) is 11.3 Å². The Bertz CT molecular complexity index is 364. The van der Waals surface area contributed by atoms with Gasteiger partial charge in [0.25, 0.3) is 0 Å². The molecule has 1 aromatic rings. The van der Waals surface area contributed by atoms with Crippen molar-refractivity contribution in [2.75, 3.05) is 20.6 Å². The third kappa shape index (κ3) is 3.77. The number of hydrogen-bond acceptors (Lipinski definition) is 4. The van der Waals surface area contributed by atoms with Crippen molar-refractivity contribution in [3.05, 3.63) is 16.1 Å². The maximum Gasteiger partial charge on any atom is 0.0943 e. The molecule has 0 radical (unpaired) electrons. The molecule has 1 aliphatic rings. The van der Waals surface area contributed by atoms with Crippen LogP contribution in [0, 0.1) is 0 Å². The van der Waals surface area contributed by atoms with Crippen LogP contribution in [0.15, 0.2) is 5.38 Å². The van der Waals surface area contributed by atoms with Crippen LogP contribution in [0.2, 0.25) is 0 Å². The largest absolute Gasteiger partial charge is 0.317 e. The lowest BCUT2D eigenvalue weighted by atomic mass is 10.0. The lowest BCUT2D eigenvalue weighted by molar-refractivity contribution is 0.184. The fraction of sp³-hybridized carbons (Fsp3) is 0.786. The van der Waals surface area contributed by atoms with Crippen LogP contribution in [-0.4, -0.2) is 42.6 Å². The minimum absolute atomic E-state index is 0.511. The van der Waals surface area contributed by atoms with E-state index in [2.05, 4.69) is 29.6 Å². The van der Waals surface area contributed by atoms with E-state index in [0.717, 1.165) is 12.8 Å². The number of nitrogens with one attached hydrogen (secondary N) is 1. The van der Waals surface area contributed by atoms with Crippen LogP contribution >= 0.6 is 11.3 Å². The number of thiazole rings is 1. The van der Waals surface area contributed by atoms with E-state index in [4.69, 9.17) is 4.98 Å². The van der Waals surface area contributed by atoms with Crippen LogP contribution in [0.25, 0.3) is 0 Å². The number of hydrogen-bond donors (Lipinski definition) is 1. The molecule has 1 aromatic heterocycles. The van der Waals surface area contributed by atoms with Crippen LogP contribution in [0.5, 0.6) is 0 Å². The number of aromatic nitrogens is 1. The van der Waals surface area contributed by atoms with Gasteiger partial charge in [0.15, 0.2) is 0 Å². The van der Waals surface area contributed by atoms with Gasteiger partial charge in [-0.3, -0.25) is 0 Å². The first-order valence-corrected chi connectivity index (χ1v) is 7.87. The van der Waals surface area contributed by atoms with E-state index in [1.165, 1.54) is 36.5 Å². The molecule has 0 bridgehead atoms. The minimum Gasteiger partial charge on any atom is -0.317 e. The number of piperidine rings is 1. The fourth-order valence-corrected chi connectivity index (χ4v) is 3.44. The molecule has 18 heavy (non-hydrogen) atoms. The monoisotopic (exact) mass is 267 g/mol. The Hall–Kier alpha value is -0.450. The van der Waals surface area contributed by atoms with Gasteiger partial charge < -0.3 is 10.2 Å². The molecule has 1 fully saturated rings. The van der Waals surface area contributed by atoms with Crippen LogP contribution in [0.3, 0.4) is 0 Å². The normalized spacial score (nSPS) is 23.2. The summed E-state index contributed by atoms with van der Waals surface area (Å²) in [4.78, 5) is 7.28. The second kappa shape index (κ2) is 6.64. The summed E-state index contributed by atoms with van der Waals surface area (Å²) in [6, 6.07) is 1.22. The van der Waals surface area contributed by atoms with E-state index in [1.54, 1.807) is 0 Å². The quantitative estimate of drug-likeness (QED) is 0.887. The molecule has 3 nitrogen and oxygen atoms in total. The van der Waals surface area contributed by atoms with Crippen LogP contribution in [0.1, 0.15) is 36.9 Å². The van der Waals surface area contributed by atoms with Crippen molar-refractivity contribution in [1.29, 1.82) is 0 Å². The molecule has 0 amide bonds. The van der Waals surface area contributed by atoms with E-state index in [0.29, 0.717) is 12.1 Å². The smallest absolute Gasteiger partial charge is 0.0943 e. The molecule has 0 aromatic carbocycles. The van der Waals surface area contributed by atoms with Crippen LogP contribution in [-0.2, 0) is 12.8 Å². The van der Waals surface area contributed by atoms with E-state index < -0.39 is 0 Å². The Balaban J connectivity index is 1.89. The average Bonchev–Trinajstić information content (AvgIpc) is 2.79. The third-order valence-electron chi connectivity index (χ3n) is 3.94. The first-order chi connectivity index (χ1) is 8.69. The Morgan fingerprint density at radius 3 is 3.11 bits per heavy atom. The number of likely N-dealkylation sites (N-methyl/N-ethyl adjacent to an activating group) is 2. The van der Waals surface area contributed by atoms with Crippen LogP contribution in [0.4, 0.5) is 0 Å². The average molecular weight is 267 g/mol. The first-order valence-electron chi connectivity index (χ1n) is 7.00. The summed E-state index contributed by atoms with van der Waals surface area (Å²) in [5, 5.41) is 6.81. The lowest BCUT2D eigenvalue weighted by Gasteiger charge is -2.31. The van der Waals surface area contributed by atoms with Crippen molar-refractivity contribution in [1.82, 2.24) is 15.2 Å². The van der Waals surface area contributed by atoms with Crippen molar-refractivity contribution in [3.63, 3.8) is 0 Å². The highest BCUT2D eigenvalue weighted by molar-refractivity contribution is 7.09. The molecule has 1 aliphatic heterocycles. The predicted octanol–water partition coefficient (Wildman–Crippen LogP) is 2.32. The summed E-state index contributed by atoms with van der Waals surface area (Å²) in [6.45, 7) is 3.45. The second-order valence-electron chi connectivity index (χ2n) is 5.46. The Morgan fingerprint density at radius 1 is 1.56 bits per heavy atom. The molecule has 0 saturated carbocycles. The Labute approximate surface area is 115 Å². The van der Waals surface area contributed by atoms with Gasteiger partial charge in [-0.2, -0.15) is 0 Å². The van der Waals surface area contributed by atoms with E-state index in [-0.39, 0.29) is 0 Å². The highest BCUT2D eigenvalue weighted by atomic mass is 32.1. The van der Waals surface area contributed by atoms with Gasteiger partial charge in [0.2, 0.25) is 0 Å². The number of nitrogens with zero attached hydrogens (tertiary/aromatic N) is 2. The molecule has 1 saturated heterocycles. The molecule has 2 heterocycles. The Kier molecular flexibility index (Phi) is 5.15. The maximum atomic E-state index is 4.78. The molecule has 1 N–H and O–H groups in total. The highest BCUT2D eigenvalue weighted by Gasteiger charge is 2.20. The highest BCUT2D eigenvalue weighted by Crippen LogP contribution is 2.21. The standard InChI is InChI=1S/C14H25N3S/c1-11(15-2)8-12-10-18-14(16-12)9-13-6-4-5-7-17(13)3/h10-11,13,15H,4-9H2,1-3H3. The fourth-order valence-electron chi connectivity index (χ4n) is 2.56. The first kappa shape index (κ1) is 14.0. The topological polar surface area (TPSA) is 28.2 Å². The SMILES string of the molecule is CNC(C)Cc1csc(CC2CCCCN2C)n1. The summed E-state index contributed by atoms with van der Waals surface area (Å²) in [7, 11) is 4.26. The van der Waals surface area contributed by atoms with Crippen molar-refractivity contribution in [3.8, 4) is 0 Å². The van der Waals surface area contributed by atoms with Gasteiger partial charge in [0.1, 0.15) is 0 Å². The summed E-state index contributed by atoms with van der Waals surface area (Å²) in [5.41, 5.74) is 1.25. The number of likely N-dealkylation sites (tertiary alicyclic amines) is 1. The molecule has 2 atom stereocenters. The van der Waals surface area contributed by atoms with Crippen molar-refractivity contribution < 1.29 is 0 Å². The molecule has 0 spiro atoms. The lowest BCUT2D eigenvalue weighted by Crippen LogP contribution is -2.37. The van der Waals surface area contributed by atoms with Gasteiger partial charge in [-0.25, -0.2) is 4.98 Å². The van der Waals surface area contributed by atoms with E-state index >= 15 is 0 Å². The van der Waals surface area contributed by atoms with Gasteiger partial charge in [0.05, 0.1) is 10.7 Å². The zero-order valence-corrected chi connectivity index (χ0v) is 12.6. The van der Waals surface area contributed by atoms with Crippen LogP contribution < -0.4 is 5.32 Å². The molecular formula is C14H25N3S. The summed E-state index contributed by atoms with van der Waals surface area (Å²) in [6.07, 6.45) is 6.24. The summed E-state index contributed by atoms with van der Waals surface area (Å²) >= 11 is 1.83. The Morgan fingerprint density at radius 2 is 2.39 bits per heavy atom. The molecule has 4 heteroatoms. The molecular weight excluding hydrogens is 242 g/mol. The zero-order chi connectivity index (χ0) is 13.0.